The number of nitrogens with one attached hydrogen (secondary N) is 1. The molecule has 1 aromatic heterocycles. The van der Waals surface area contributed by atoms with Crippen molar-refractivity contribution in [1.29, 1.82) is 0 Å². The Balaban J connectivity index is 1.39. The van der Waals surface area contributed by atoms with Gasteiger partial charge in [-0.25, -0.2) is 14.4 Å². The second-order valence-corrected chi connectivity index (χ2v) is 7.96. The predicted molar refractivity (Wildman–Crippen MR) is 109 cm³/mol. The topological polar surface area (TPSA) is 70.3 Å². The summed E-state index contributed by atoms with van der Waals surface area (Å²) in [5, 5.41) is 3.15. The average molecular weight is 385 g/mol. The molecule has 0 radical (unpaired) electrons. The fourth-order valence-electron chi connectivity index (χ4n) is 4.51. The third-order valence-corrected chi connectivity index (χ3v) is 6.07. The molecule has 2 bridgehead atoms. The van der Waals surface area contributed by atoms with Crippen LogP contribution in [-0.2, 0) is 13.1 Å². The lowest BCUT2D eigenvalue weighted by atomic mass is 10.1. The molecule has 0 amide bonds. The van der Waals surface area contributed by atoms with Crippen molar-refractivity contribution in [3.63, 3.8) is 0 Å². The monoisotopic (exact) mass is 384 g/mol. The van der Waals surface area contributed by atoms with E-state index in [9.17, 15) is 4.39 Å². The van der Waals surface area contributed by atoms with Gasteiger partial charge in [-0.3, -0.25) is 9.80 Å². The first-order chi connectivity index (χ1) is 13.4. The molecule has 3 heterocycles. The number of aromatic nitrogens is 2. The zero-order chi connectivity index (χ0) is 19.8. The van der Waals surface area contributed by atoms with E-state index in [1.165, 1.54) is 6.42 Å². The maximum atomic E-state index is 14.7. The molecule has 2 fully saturated rings. The first kappa shape index (κ1) is 19.1. The predicted octanol–water partition coefficient (Wildman–Crippen LogP) is 2.71. The van der Waals surface area contributed by atoms with Crippen molar-refractivity contribution in [3.8, 4) is 0 Å². The van der Waals surface area contributed by atoms with Gasteiger partial charge in [-0.05, 0) is 38.4 Å². The molecule has 7 heteroatoms. The molecular weight excluding hydrogens is 355 g/mol. The summed E-state index contributed by atoms with van der Waals surface area (Å²) in [6.45, 7) is 10.4. The molecule has 3 N–H and O–H groups in total. The van der Waals surface area contributed by atoms with Crippen LogP contribution in [0.2, 0.25) is 0 Å². The Morgan fingerprint density at radius 1 is 1.18 bits per heavy atom. The second-order valence-electron chi connectivity index (χ2n) is 7.96. The van der Waals surface area contributed by atoms with Crippen molar-refractivity contribution in [2.24, 2.45) is 0 Å². The number of halogens is 1. The third-order valence-electron chi connectivity index (χ3n) is 6.07. The lowest BCUT2D eigenvalue weighted by Gasteiger charge is -2.33. The van der Waals surface area contributed by atoms with E-state index in [4.69, 9.17) is 5.73 Å². The highest BCUT2D eigenvalue weighted by molar-refractivity contribution is 5.63. The van der Waals surface area contributed by atoms with E-state index in [0.29, 0.717) is 41.5 Å². The van der Waals surface area contributed by atoms with Gasteiger partial charge in [0.2, 0.25) is 0 Å². The molecule has 28 heavy (non-hydrogen) atoms. The van der Waals surface area contributed by atoms with Gasteiger partial charge in [0, 0.05) is 43.8 Å². The fourth-order valence-corrected chi connectivity index (χ4v) is 4.51. The number of piperazine rings is 1. The number of likely N-dealkylation sites (N-methyl/N-ethyl adjacent to an activating group) is 1. The van der Waals surface area contributed by atoms with Crippen LogP contribution in [0.5, 0.6) is 0 Å². The van der Waals surface area contributed by atoms with Crippen LogP contribution in [0.4, 0.5) is 15.9 Å². The molecule has 2 aromatic rings. The van der Waals surface area contributed by atoms with E-state index in [1.807, 2.05) is 26.0 Å². The summed E-state index contributed by atoms with van der Waals surface area (Å²) in [6, 6.07) is 6.85. The van der Waals surface area contributed by atoms with Crippen LogP contribution >= 0.6 is 0 Å². The van der Waals surface area contributed by atoms with Gasteiger partial charge in [-0.1, -0.05) is 19.1 Å². The van der Waals surface area contributed by atoms with E-state index in [2.05, 4.69) is 32.0 Å². The second kappa shape index (κ2) is 7.64. The van der Waals surface area contributed by atoms with Crippen molar-refractivity contribution in [3.05, 3.63) is 46.7 Å². The summed E-state index contributed by atoms with van der Waals surface area (Å²) in [4.78, 5) is 13.6. The number of anilines is 2. The summed E-state index contributed by atoms with van der Waals surface area (Å²) in [6.07, 6.45) is 1.25. The van der Waals surface area contributed by atoms with Crippen molar-refractivity contribution in [1.82, 2.24) is 19.8 Å². The number of likely N-dealkylation sites (tertiary alicyclic amines) is 2. The van der Waals surface area contributed by atoms with Crippen molar-refractivity contribution >= 4 is 11.5 Å². The van der Waals surface area contributed by atoms with E-state index in [0.717, 1.165) is 37.4 Å². The molecule has 0 saturated carbocycles. The Kier molecular flexibility index (Phi) is 5.21. The van der Waals surface area contributed by atoms with Crippen LogP contribution in [0.1, 0.15) is 36.0 Å². The quantitative estimate of drug-likeness (QED) is 0.798. The number of hydrogen-bond acceptors (Lipinski definition) is 6. The number of rotatable bonds is 6. The minimum absolute atomic E-state index is 0.189. The Morgan fingerprint density at radius 3 is 2.61 bits per heavy atom. The smallest absolute Gasteiger partial charge is 0.153 e. The Hall–Kier alpha value is -2.25. The van der Waals surface area contributed by atoms with Gasteiger partial charge in [-0.2, -0.15) is 0 Å². The van der Waals surface area contributed by atoms with Gasteiger partial charge in [0.1, 0.15) is 11.6 Å². The summed E-state index contributed by atoms with van der Waals surface area (Å²) < 4.78 is 14.7. The summed E-state index contributed by atoms with van der Waals surface area (Å²) in [7, 11) is 0. The highest BCUT2D eigenvalue weighted by Gasteiger charge is 2.42. The number of nitrogen functional groups attached to an aromatic ring is 1. The Labute approximate surface area is 166 Å². The molecule has 2 saturated heterocycles. The standard InChI is InChI=1S/C21H29FN6/c1-4-27-11-18-8-17(27)12-28(18)10-15-5-6-16(19(22)7-15)9-24-21-20(23)13(2)25-14(3)26-21/h5-7,17-18H,4,8-12,23H2,1-3H3,(H,24,25,26)/t17-,18-/m0/s1. The van der Waals surface area contributed by atoms with E-state index < -0.39 is 0 Å². The van der Waals surface area contributed by atoms with Crippen LogP contribution in [-0.4, -0.2) is 51.5 Å². The van der Waals surface area contributed by atoms with Gasteiger partial charge >= 0.3 is 0 Å². The minimum atomic E-state index is -0.189. The highest BCUT2D eigenvalue weighted by Crippen LogP contribution is 2.31. The molecule has 1 aromatic carbocycles. The number of benzene rings is 1. The van der Waals surface area contributed by atoms with Crippen LogP contribution in [0, 0.1) is 19.7 Å². The maximum Gasteiger partial charge on any atom is 0.153 e. The lowest BCUT2D eigenvalue weighted by molar-refractivity contribution is 0.127. The summed E-state index contributed by atoms with van der Waals surface area (Å²) >= 11 is 0. The van der Waals surface area contributed by atoms with Crippen molar-refractivity contribution in [2.75, 3.05) is 30.7 Å². The third kappa shape index (κ3) is 3.69. The van der Waals surface area contributed by atoms with Crippen LogP contribution in [0.15, 0.2) is 18.2 Å². The Bertz CT molecular complexity index is 870. The van der Waals surface area contributed by atoms with E-state index in [1.54, 1.807) is 6.07 Å². The van der Waals surface area contributed by atoms with Gasteiger partial charge in [0.25, 0.3) is 0 Å². The van der Waals surface area contributed by atoms with Gasteiger partial charge in [0.15, 0.2) is 5.82 Å². The minimum Gasteiger partial charge on any atom is -0.394 e. The van der Waals surface area contributed by atoms with Crippen molar-refractivity contribution in [2.45, 2.75) is 52.4 Å². The van der Waals surface area contributed by atoms with Crippen molar-refractivity contribution < 1.29 is 4.39 Å². The molecule has 4 rings (SSSR count). The van der Waals surface area contributed by atoms with Gasteiger partial charge < -0.3 is 11.1 Å². The zero-order valence-electron chi connectivity index (χ0n) is 16.9. The Morgan fingerprint density at radius 2 is 1.93 bits per heavy atom. The van der Waals surface area contributed by atoms with Crippen LogP contribution in [0.25, 0.3) is 0 Å². The number of fused-ring (bicyclic) bond motifs is 2. The number of nitrogens with two attached hydrogens (primary N) is 1. The summed E-state index contributed by atoms with van der Waals surface area (Å²) in [5.74, 6) is 1.01. The highest BCUT2D eigenvalue weighted by atomic mass is 19.1. The number of nitrogens with zero attached hydrogens (tertiary/aromatic N) is 4. The summed E-state index contributed by atoms with van der Waals surface area (Å²) in [5.41, 5.74) is 8.91. The first-order valence-corrected chi connectivity index (χ1v) is 10.0. The maximum absolute atomic E-state index is 14.7. The molecule has 6 nitrogen and oxygen atoms in total. The number of hydrogen-bond donors (Lipinski definition) is 2. The molecule has 2 aliphatic heterocycles. The number of aryl methyl sites for hydroxylation is 2. The molecule has 0 unspecified atom stereocenters. The lowest BCUT2D eigenvalue weighted by Crippen LogP contribution is -2.45. The van der Waals surface area contributed by atoms with Crippen LogP contribution in [0.3, 0.4) is 0 Å². The largest absolute Gasteiger partial charge is 0.394 e. The van der Waals surface area contributed by atoms with E-state index >= 15 is 0 Å². The molecule has 0 aliphatic carbocycles. The zero-order valence-corrected chi connectivity index (χ0v) is 16.9. The van der Waals surface area contributed by atoms with Gasteiger partial charge in [-0.15, -0.1) is 0 Å². The molecule has 2 aliphatic rings. The fraction of sp³-hybridized carbons (Fsp3) is 0.524. The van der Waals surface area contributed by atoms with E-state index in [-0.39, 0.29) is 5.82 Å². The average Bonchev–Trinajstić information content (AvgIpc) is 3.24. The molecule has 0 spiro atoms. The normalized spacial score (nSPS) is 22.1. The first-order valence-electron chi connectivity index (χ1n) is 10.0. The van der Waals surface area contributed by atoms with Crippen LogP contribution < -0.4 is 11.1 Å². The molecule has 2 atom stereocenters. The molecule has 150 valence electrons. The molecular formula is C21H29FN6. The van der Waals surface area contributed by atoms with Gasteiger partial charge in [0.05, 0.1) is 11.4 Å². The SMILES string of the molecule is CCN1C[C@@H]2C[C@H]1CN2Cc1ccc(CNc2nc(C)nc(C)c2N)c(F)c1.